The highest BCUT2D eigenvalue weighted by molar-refractivity contribution is 6.29. The molecule has 2 aromatic heterocycles. The summed E-state index contributed by atoms with van der Waals surface area (Å²) in [5.74, 6) is -0.455. The van der Waals surface area contributed by atoms with E-state index in [1.54, 1.807) is 0 Å². The lowest BCUT2D eigenvalue weighted by Crippen LogP contribution is -2.37. The van der Waals surface area contributed by atoms with Crippen LogP contribution in [0, 0.1) is 12.8 Å². The Morgan fingerprint density at radius 2 is 2.03 bits per heavy atom. The molecule has 172 valence electrons. The Labute approximate surface area is 199 Å². The second kappa shape index (κ2) is 10.8. The van der Waals surface area contributed by atoms with E-state index in [0.29, 0.717) is 17.5 Å². The van der Waals surface area contributed by atoms with E-state index in [1.807, 2.05) is 30.6 Å². The average Bonchev–Trinajstić information content (AvgIpc) is 2.82. The van der Waals surface area contributed by atoms with Gasteiger partial charge in [0.15, 0.2) is 0 Å². The van der Waals surface area contributed by atoms with Gasteiger partial charge in [0.25, 0.3) is 0 Å². The fourth-order valence-electron chi connectivity index (χ4n) is 4.43. The second-order valence-electron chi connectivity index (χ2n) is 8.60. The molecule has 1 aliphatic rings. The number of pyridine rings is 2. The first-order valence-corrected chi connectivity index (χ1v) is 11.7. The number of halogens is 1. The van der Waals surface area contributed by atoms with Crippen LogP contribution in [0.4, 0.5) is 5.69 Å². The molecular weight excluding hydrogens is 436 g/mol. The normalized spacial score (nSPS) is 16.0. The van der Waals surface area contributed by atoms with E-state index in [2.05, 4.69) is 51.8 Å². The largest absolute Gasteiger partial charge is 0.481 e. The number of nitrogens with zero attached hydrogens (tertiary/aromatic N) is 2. The molecule has 33 heavy (non-hydrogen) atoms. The number of fused-ring (bicyclic) bond motifs is 1. The Morgan fingerprint density at radius 1 is 1.21 bits per heavy atom. The third kappa shape index (κ3) is 6.09. The van der Waals surface area contributed by atoms with Crippen molar-refractivity contribution in [3.8, 4) is 0 Å². The number of benzene rings is 1. The minimum absolute atomic E-state index is 0.117. The van der Waals surface area contributed by atoms with E-state index in [4.69, 9.17) is 16.7 Å². The van der Waals surface area contributed by atoms with E-state index in [1.165, 1.54) is 11.1 Å². The minimum Gasteiger partial charge on any atom is -0.481 e. The van der Waals surface area contributed by atoms with Crippen LogP contribution >= 0.6 is 11.6 Å². The number of aliphatic carboxylic acids is 1. The fourth-order valence-corrected chi connectivity index (χ4v) is 4.64. The maximum absolute atomic E-state index is 10.9. The summed E-state index contributed by atoms with van der Waals surface area (Å²) >= 11 is 6.00. The van der Waals surface area contributed by atoms with E-state index in [-0.39, 0.29) is 12.5 Å². The maximum Gasteiger partial charge on any atom is 0.303 e. The number of carboxylic acid groups (broad SMARTS) is 1. The van der Waals surface area contributed by atoms with E-state index >= 15 is 0 Å². The van der Waals surface area contributed by atoms with Gasteiger partial charge in [-0.25, -0.2) is 4.98 Å². The molecule has 1 aliphatic heterocycles. The lowest BCUT2D eigenvalue weighted by atomic mass is 9.86. The number of carbonyl (C=O) groups is 1. The molecule has 0 radical (unpaired) electrons. The van der Waals surface area contributed by atoms with Crippen LogP contribution in [0.2, 0.25) is 5.15 Å². The molecule has 3 aromatic rings. The van der Waals surface area contributed by atoms with Crippen LogP contribution in [-0.2, 0) is 24.1 Å². The molecule has 0 fully saturated rings. The summed E-state index contributed by atoms with van der Waals surface area (Å²) in [6.07, 6.45) is 6.02. The van der Waals surface area contributed by atoms with Crippen molar-refractivity contribution in [1.29, 1.82) is 0 Å². The van der Waals surface area contributed by atoms with E-state index in [0.717, 1.165) is 48.4 Å². The van der Waals surface area contributed by atoms with Crippen LogP contribution in [0.15, 0.2) is 54.9 Å². The number of nitrogens with one attached hydrogen (secondary N) is 2. The summed E-state index contributed by atoms with van der Waals surface area (Å²) in [5, 5.41) is 16.8. The van der Waals surface area contributed by atoms with Crippen LogP contribution in [0.1, 0.15) is 40.4 Å². The van der Waals surface area contributed by atoms with Crippen molar-refractivity contribution in [1.82, 2.24) is 15.3 Å². The van der Waals surface area contributed by atoms with Gasteiger partial charge >= 0.3 is 5.97 Å². The van der Waals surface area contributed by atoms with Crippen LogP contribution in [0.5, 0.6) is 0 Å². The van der Waals surface area contributed by atoms with Gasteiger partial charge in [-0.05, 0) is 67.1 Å². The first-order chi connectivity index (χ1) is 16.0. The third-order valence-electron chi connectivity index (χ3n) is 6.24. The number of anilines is 1. The summed E-state index contributed by atoms with van der Waals surface area (Å²) in [6, 6.07) is 14.7. The zero-order valence-corrected chi connectivity index (χ0v) is 19.5. The van der Waals surface area contributed by atoms with Gasteiger partial charge in [-0.2, -0.15) is 0 Å². The molecule has 0 bridgehead atoms. The first-order valence-electron chi connectivity index (χ1n) is 11.3. The highest BCUT2D eigenvalue weighted by atomic mass is 35.5. The highest BCUT2D eigenvalue weighted by Crippen LogP contribution is 2.32. The number of aryl methyl sites for hydroxylation is 2. The Kier molecular flexibility index (Phi) is 7.57. The quantitative estimate of drug-likeness (QED) is 0.401. The smallest absolute Gasteiger partial charge is 0.303 e. The summed E-state index contributed by atoms with van der Waals surface area (Å²) in [4.78, 5) is 19.8. The first kappa shape index (κ1) is 23.2. The van der Waals surface area contributed by atoms with Crippen molar-refractivity contribution < 1.29 is 9.90 Å². The van der Waals surface area contributed by atoms with Gasteiger partial charge in [0.05, 0.1) is 11.4 Å². The fraction of sp³-hybridized carbons (Fsp3) is 0.346. The lowest BCUT2D eigenvalue weighted by molar-refractivity contribution is -0.136. The summed E-state index contributed by atoms with van der Waals surface area (Å²) in [5.41, 5.74) is 6.61. The van der Waals surface area contributed by atoms with Gasteiger partial charge in [-0.15, -0.1) is 0 Å². The number of hydrogen-bond acceptors (Lipinski definition) is 5. The average molecular weight is 465 g/mol. The summed E-state index contributed by atoms with van der Waals surface area (Å²) in [6.45, 7) is 3.72. The molecule has 0 amide bonds. The van der Waals surface area contributed by atoms with Crippen molar-refractivity contribution in [2.75, 3.05) is 18.4 Å². The number of rotatable bonds is 9. The maximum atomic E-state index is 10.9. The molecular formula is C26H29ClN4O2. The zero-order chi connectivity index (χ0) is 23.2. The number of aromatic nitrogens is 2. The molecule has 4 rings (SSSR count). The van der Waals surface area contributed by atoms with Gasteiger partial charge in [0.2, 0.25) is 0 Å². The topological polar surface area (TPSA) is 87.1 Å². The van der Waals surface area contributed by atoms with Gasteiger partial charge in [-0.3, -0.25) is 9.78 Å². The predicted octanol–water partition coefficient (Wildman–Crippen LogP) is 4.61. The molecule has 0 spiro atoms. The Balaban J connectivity index is 1.46. The molecule has 0 saturated carbocycles. The van der Waals surface area contributed by atoms with Crippen molar-refractivity contribution in [2.24, 2.45) is 5.92 Å². The Bertz CT molecular complexity index is 1110. The van der Waals surface area contributed by atoms with Crippen molar-refractivity contribution in [3.63, 3.8) is 0 Å². The molecule has 0 saturated heterocycles. The minimum atomic E-state index is -0.790. The van der Waals surface area contributed by atoms with Gasteiger partial charge in [0, 0.05) is 37.3 Å². The van der Waals surface area contributed by atoms with Gasteiger partial charge in [-0.1, -0.05) is 41.9 Å². The van der Waals surface area contributed by atoms with E-state index < -0.39 is 5.97 Å². The number of hydrogen-bond donors (Lipinski definition) is 3. The molecule has 6 nitrogen and oxygen atoms in total. The molecule has 7 heteroatoms. The highest BCUT2D eigenvalue weighted by Gasteiger charge is 2.28. The summed E-state index contributed by atoms with van der Waals surface area (Å²) in [7, 11) is 0. The molecule has 1 aromatic carbocycles. The Morgan fingerprint density at radius 3 is 2.79 bits per heavy atom. The van der Waals surface area contributed by atoms with Crippen LogP contribution in [0.3, 0.4) is 0 Å². The predicted molar refractivity (Wildman–Crippen MR) is 131 cm³/mol. The molecule has 2 atom stereocenters. The van der Waals surface area contributed by atoms with Crippen molar-refractivity contribution in [2.45, 2.75) is 38.6 Å². The Hall–Kier alpha value is -2.96. The van der Waals surface area contributed by atoms with Crippen molar-refractivity contribution in [3.05, 3.63) is 88.0 Å². The van der Waals surface area contributed by atoms with E-state index in [9.17, 15) is 4.79 Å². The zero-order valence-electron chi connectivity index (χ0n) is 18.7. The summed E-state index contributed by atoms with van der Waals surface area (Å²) < 4.78 is 0. The monoisotopic (exact) mass is 464 g/mol. The third-order valence-corrected chi connectivity index (χ3v) is 6.45. The van der Waals surface area contributed by atoms with Crippen LogP contribution in [-0.4, -0.2) is 34.1 Å². The van der Waals surface area contributed by atoms with Crippen LogP contribution < -0.4 is 10.6 Å². The van der Waals surface area contributed by atoms with Gasteiger partial charge in [0.1, 0.15) is 5.15 Å². The molecule has 0 unspecified atom stereocenters. The molecule has 3 heterocycles. The molecule has 3 N–H and O–H groups in total. The standard InChI is InChI=1S/C26H29ClN4O2/c1-17-11-24(27)31-15-20(17)9-10-28-26(19-5-3-2-4-6-19)21-13-23-22(30-16-21)12-18(14-29-23)7-8-25(32)33/h2-6,11-12,14-15,21,26,28,30H,7-10,13,16H2,1H3,(H,32,33)/t21-,26-/m1/s1. The van der Waals surface area contributed by atoms with Crippen molar-refractivity contribution >= 4 is 23.3 Å². The SMILES string of the molecule is Cc1cc(Cl)ncc1CCN[C@H](c1ccccc1)[C@H]1CNc2cc(CCC(=O)O)cnc2C1. The lowest BCUT2D eigenvalue weighted by Gasteiger charge is -2.33. The second-order valence-corrected chi connectivity index (χ2v) is 8.99. The molecule has 0 aliphatic carbocycles. The van der Waals surface area contributed by atoms with Gasteiger partial charge < -0.3 is 15.7 Å². The number of carboxylic acids is 1. The van der Waals surface area contributed by atoms with Crippen LogP contribution in [0.25, 0.3) is 0 Å².